The number of H-pyrrole nitrogens is 1. The van der Waals surface area contributed by atoms with Crippen LogP contribution in [0, 0.1) is 0 Å². The van der Waals surface area contributed by atoms with Crippen LogP contribution in [0.5, 0.6) is 0 Å². The van der Waals surface area contributed by atoms with Crippen molar-refractivity contribution in [2.24, 2.45) is 0 Å². The lowest BCUT2D eigenvalue weighted by molar-refractivity contribution is 0.240. The minimum absolute atomic E-state index is 0.193. The Bertz CT molecular complexity index is 886. The van der Waals surface area contributed by atoms with E-state index >= 15 is 0 Å². The molecule has 2 heterocycles. The van der Waals surface area contributed by atoms with Crippen LogP contribution < -0.4 is 10.6 Å². The average Bonchev–Trinajstić information content (AvgIpc) is 3.25. The molecular weight excluding hydrogens is 302 g/mol. The van der Waals surface area contributed by atoms with Gasteiger partial charge in [-0.3, -0.25) is 10.1 Å². The summed E-state index contributed by atoms with van der Waals surface area (Å²) in [5, 5.41) is 13.7. The van der Waals surface area contributed by atoms with E-state index in [4.69, 9.17) is 0 Å². The smallest absolute Gasteiger partial charge is 0.315 e. The maximum atomic E-state index is 12.0. The summed E-state index contributed by atoms with van der Waals surface area (Å²) >= 11 is 0. The summed E-state index contributed by atoms with van der Waals surface area (Å²) in [7, 11) is 0. The molecule has 0 spiro atoms. The fraction of sp³-hybridized carbons (Fsp3) is 0.278. The number of aryl methyl sites for hydroxylation is 2. The molecule has 0 fully saturated rings. The number of pyridine rings is 1. The Kier molecular flexibility index (Phi) is 3.86. The van der Waals surface area contributed by atoms with E-state index < -0.39 is 0 Å². The summed E-state index contributed by atoms with van der Waals surface area (Å²) in [6.07, 6.45) is 5.13. The number of carbonyl (C=O) groups excluding carboxylic acids is 1. The van der Waals surface area contributed by atoms with Crippen LogP contribution in [-0.4, -0.2) is 21.2 Å². The molecule has 0 saturated carbocycles. The van der Waals surface area contributed by atoms with Gasteiger partial charge in [-0.2, -0.15) is 5.10 Å². The Labute approximate surface area is 139 Å². The molecule has 1 aromatic carbocycles. The Hall–Kier alpha value is -2.89. The molecule has 0 saturated heterocycles. The molecule has 0 radical (unpaired) electrons. The van der Waals surface area contributed by atoms with E-state index in [1.807, 2.05) is 24.3 Å². The van der Waals surface area contributed by atoms with Crippen LogP contribution in [0.4, 0.5) is 4.79 Å². The molecule has 6 nitrogen and oxygen atoms in total. The molecule has 1 aliphatic carbocycles. The number of hydrogen-bond acceptors (Lipinski definition) is 3. The molecule has 0 atom stereocenters. The van der Waals surface area contributed by atoms with Gasteiger partial charge >= 0.3 is 6.03 Å². The van der Waals surface area contributed by atoms with Crippen LogP contribution in [0.25, 0.3) is 10.9 Å². The van der Waals surface area contributed by atoms with Crippen molar-refractivity contribution in [1.82, 2.24) is 25.8 Å². The van der Waals surface area contributed by atoms with Gasteiger partial charge in [-0.25, -0.2) is 4.79 Å². The zero-order valence-corrected chi connectivity index (χ0v) is 13.3. The highest BCUT2D eigenvalue weighted by molar-refractivity contribution is 5.78. The van der Waals surface area contributed by atoms with Gasteiger partial charge in [0.25, 0.3) is 0 Å². The third kappa shape index (κ3) is 3.08. The van der Waals surface area contributed by atoms with Crippen molar-refractivity contribution in [2.45, 2.75) is 32.4 Å². The molecular formula is C18H19N5O. The van der Waals surface area contributed by atoms with Crippen LogP contribution in [0.2, 0.25) is 0 Å². The summed E-state index contributed by atoms with van der Waals surface area (Å²) in [4.78, 5) is 16.6. The molecule has 3 N–H and O–H groups in total. The number of nitrogens with zero attached hydrogens (tertiary/aromatic N) is 2. The molecule has 4 rings (SSSR count). The molecule has 24 heavy (non-hydrogen) atoms. The topological polar surface area (TPSA) is 82.7 Å². The van der Waals surface area contributed by atoms with Crippen molar-refractivity contribution in [3.8, 4) is 0 Å². The predicted molar refractivity (Wildman–Crippen MR) is 91.4 cm³/mol. The van der Waals surface area contributed by atoms with Gasteiger partial charge < -0.3 is 10.6 Å². The largest absolute Gasteiger partial charge is 0.334 e. The van der Waals surface area contributed by atoms with Crippen LogP contribution in [0.15, 0.2) is 36.5 Å². The van der Waals surface area contributed by atoms with Crippen molar-refractivity contribution in [2.75, 3.05) is 0 Å². The summed E-state index contributed by atoms with van der Waals surface area (Å²) in [5.74, 6) is 0. The number of fused-ring (bicyclic) bond motifs is 2. The molecule has 0 bridgehead atoms. The standard InChI is InChI=1S/C18H19N5O/c24-18(19-9-12-4-5-14-10-21-23-17(14)8-12)20-11-15-7-6-13-2-1-3-16(13)22-15/h4-8,10H,1-3,9,11H2,(H,21,23)(H2,19,20,24). The van der Waals surface area contributed by atoms with Gasteiger partial charge in [0.15, 0.2) is 0 Å². The maximum absolute atomic E-state index is 12.0. The van der Waals surface area contributed by atoms with Gasteiger partial charge in [-0.05, 0) is 42.5 Å². The molecule has 3 aromatic rings. The predicted octanol–water partition coefficient (Wildman–Crippen LogP) is 2.45. The lowest BCUT2D eigenvalue weighted by Crippen LogP contribution is -2.34. The van der Waals surface area contributed by atoms with Gasteiger partial charge in [0.2, 0.25) is 0 Å². The number of hydrogen-bond donors (Lipinski definition) is 3. The lowest BCUT2D eigenvalue weighted by atomic mass is 10.2. The van der Waals surface area contributed by atoms with Gasteiger partial charge in [-0.1, -0.05) is 18.2 Å². The zero-order valence-electron chi connectivity index (χ0n) is 13.3. The van der Waals surface area contributed by atoms with E-state index in [-0.39, 0.29) is 6.03 Å². The Morgan fingerprint density at radius 3 is 3.00 bits per heavy atom. The number of benzene rings is 1. The van der Waals surface area contributed by atoms with E-state index in [0.29, 0.717) is 13.1 Å². The molecule has 0 aliphatic heterocycles. The van der Waals surface area contributed by atoms with Crippen molar-refractivity contribution in [1.29, 1.82) is 0 Å². The minimum atomic E-state index is -0.193. The van der Waals surface area contributed by atoms with Gasteiger partial charge in [0.05, 0.1) is 24.0 Å². The summed E-state index contributed by atoms with van der Waals surface area (Å²) in [5.41, 5.74) is 5.43. The number of nitrogens with one attached hydrogen (secondary N) is 3. The monoisotopic (exact) mass is 321 g/mol. The number of aromatic amines is 1. The van der Waals surface area contributed by atoms with Crippen molar-refractivity contribution in [3.63, 3.8) is 0 Å². The summed E-state index contributed by atoms with van der Waals surface area (Å²) in [6, 6.07) is 9.90. The first kappa shape index (κ1) is 14.7. The van der Waals surface area contributed by atoms with Crippen LogP contribution in [0.1, 0.15) is 28.9 Å². The van der Waals surface area contributed by atoms with Gasteiger partial charge in [0, 0.05) is 17.6 Å². The lowest BCUT2D eigenvalue weighted by Gasteiger charge is -2.08. The van der Waals surface area contributed by atoms with Gasteiger partial charge in [-0.15, -0.1) is 0 Å². The summed E-state index contributed by atoms with van der Waals surface area (Å²) in [6.45, 7) is 0.914. The number of aromatic nitrogens is 3. The van der Waals surface area contributed by atoms with Gasteiger partial charge in [0.1, 0.15) is 0 Å². The van der Waals surface area contributed by atoms with E-state index in [2.05, 4.69) is 31.9 Å². The van der Waals surface area contributed by atoms with Crippen molar-refractivity contribution in [3.05, 3.63) is 59.0 Å². The Morgan fingerprint density at radius 2 is 2.04 bits per heavy atom. The number of amides is 2. The highest BCUT2D eigenvalue weighted by Crippen LogP contribution is 2.19. The normalized spacial score (nSPS) is 13.0. The third-order valence-electron chi connectivity index (χ3n) is 4.38. The highest BCUT2D eigenvalue weighted by Gasteiger charge is 2.12. The number of rotatable bonds is 4. The van der Waals surface area contributed by atoms with E-state index in [1.165, 1.54) is 17.7 Å². The summed E-state index contributed by atoms with van der Waals surface area (Å²) < 4.78 is 0. The quantitative estimate of drug-likeness (QED) is 0.690. The molecule has 122 valence electrons. The van der Waals surface area contributed by atoms with Crippen molar-refractivity contribution >= 4 is 16.9 Å². The molecule has 6 heteroatoms. The zero-order chi connectivity index (χ0) is 16.4. The minimum Gasteiger partial charge on any atom is -0.334 e. The third-order valence-corrected chi connectivity index (χ3v) is 4.38. The van der Waals surface area contributed by atoms with Crippen molar-refractivity contribution < 1.29 is 4.79 Å². The second kappa shape index (κ2) is 6.31. The highest BCUT2D eigenvalue weighted by atomic mass is 16.2. The first-order valence-corrected chi connectivity index (χ1v) is 8.19. The van der Waals surface area contributed by atoms with E-state index in [9.17, 15) is 4.79 Å². The second-order valence-electron chi connectivity index (χ2n) is 6.09. The average molecular weight is 321 g/mol. The maximum Gasteiger partial charge on any atom is 0.315 e. The first-order chi connectivity index (χ1) is 11.8. The molecule has 0 unspecified atom stereocenters. The van der Waals surface area contributed by atoms with Crippen LogP contribution in [0.3, 0.4) is 0 Å². The van der Waals surface area contributed by atoms with Crippen LogP contribution in [-0.2, 0) is 25.9 Å². The Balaban J connectivity index is 1.30. The second-order valence-corrected chi connectivity index (χ2v) is 6.09. The first-order valence-electron chi connectivity index (χ1n) is 8.19. The number of urea groups is 1. The fourth-order valence-electron chi connectivity index (χ4n) is 3.07. The fourth-order valence-corrected chi connectivity index (χ4v) is 3.07. The SMILES string of the molecule is O=C(NCc1ccc2cn[nH]c2c1)NCc1ccc2c(n1)CCC2. The molecule has 2 aromatic heterocycles. The number of carbonyl (C=O) groups is 1. The molecule has 2 amide bonds. The van der Waals surface area contributed by atoms with E-state index in [1.54, 1.807) is 6.20 Å². The molecule has 1 aliphatic rings. The van der Waals surface area contributed by atoms with Crippen LogP contribution >= 0.6 is 0 Å². The van der Waals surface area contributed by atoms with E-state index in [0.717, 1.165) is 35.0 Å². The Morgan fingerprint density at radius 1 is 1.12 bits per heavy atom.